The third-order valence-corrected chi connectivity index (χ3v) is 5.97. The number of fused-ring (bicyclic) bond motifs is 1. The van der Waals surface area contributed by atoms with Crippen LogP contribution in [0.4, 0.5) is 5.82 Å². The van der Waals surface area contributed by atoms with E-state index in [0.29, 0.717) is 24.9 Å². The average Bonchev–Trinajstić information content (AvgIpc) is 2.73. The first-order valence-electron chi connectivity index (χ1n) is 10.6. The summed E-state index contributed by atoms with van der Waals surface area (Å²) in [6.07, 6.45) is 4.17. The third kappa shape index (κ3) is 3.91. The van der Waals surface area contributed by atoms with Crippen LogP contribution in [0.1, 0.15) is 39.5 Å². The van der Waals surface area contributed by atoms with Crippen molar-refractivity contribution in [2.45, 2.75) is 39.5 Å². The van der Waals surface area contributed by atoms with Crippen molar-refractivity contribution in [1.29, 1.82) is 0 Å². The molecular weight excluding hydrogens is 352 g/mol. The number of ether oxygens (including phenoxy) is 1. The van der Waals surface area contributed by atoms with Crippen LogP contribution in [0.25, 0.3) is 11.0 Å². The number of benzene rings is 1. The molecule has 2 aromatic rings. The highest BCUT2D eigenvalue weighted by molar-refractivity contribution is 5.81. The van der Waals surface area contributed by atoms with E-state index in [-0.39, 0.29) is 5.92 Å². The van der Waals surface area contributed by atoms with Crippen LogP contribution in [-0.2, 0) is 4.79 Å². The van der Waals surface area contributed by atoms with Crippen molar-refractivity contribution in [2.24, 2.45) is 11.8 Å². The van der Waals surface area contributed by atoms with Crippen molar-refractivity contribution in [1.82, 2.24) is 14.9 Å². The molecule has 6 heteroatoms. The predicted molar refractivity (Wildman–Crippen MR) is 111 cm³/mol. The first-order valence-corrected chi connectivity index (χ1v) is 10.6. The number of carbonyl (C=O) groups is 1. The van der Waals surface area contributed by atoms with Crippen LogP contribution < -0.4 is 9.64 Å². The molecule has 4 rings (SSSR count). The number of aromatic nitrogens is 2. The summed E-state index contributed by atoms with van der Waals surface area (Å²) in [6, 6.07) is 7.86. The summed E-state index contributed by atoms with van der Waals surface area (Å²) in [4.78, 5) is 26.9. The summed E-state index contributed by atoms with van der Waals surface area (Å²) in [5, 5.41) is 0. The zero-order valence-corrected chi connectivity index (χ0v) is 16.9. The van der Waals surface area contributed by atoms with Crippen LogP contribution in [0.5, 0.6) is 5.88 Å². The molecule has 150 valence electrons. The number of para-hydroxylation sites is 2. The molecule has 1 unspecified atom stereocenters. The summed E-state index contributed by atoms with van der Waals surface area (Å²) < 4.78 is 5.81. The summed E-state index contributed by atoms with van der Waals surface area (Å²) in [5.74, 6) is 2.41. The first-order chi connectivity index (χ1) is 13.7. The molecule has 0 saturated carbocycles. The monoisotopic (exact) mass is 382 g/mol. The van der Waals surface area contributed by atoms with E-state index in [0.717, 1.165) is 68.1 Å². The molecule has 2 saturated heterocycles. The number of likely N-dealkylation sites (tertiary alicyclic amines) is 1. The van der Waals surface area contributed by atoms with Crippen molar-refractivity contribution in [3.05, 3.63) is 24.3 Å². The lowest BCUT2D eigenvalue weighted by molar-refractivity contribution is -0.137. The van der Waals surface area contributed by atoms with Crippen LogP contribution in [0.15, 0.2) is 24.3 Å². The van der Waals surface area contributed by atoms with Gasteiger partial charge in [-0.2, -0.15) is 0 Å². The Balaban J connectivity index is 1.55. The quantitative estimate of drug-likeness (QED) is 0.810. The van der Waals surface area contributed by atoms with E-state index in [1.165, 1.54) is 0 Å². The number of nitrogens with zero attached hydrogens (tertiary/aromatic N) is 4. The molecule has 3 heterocycles. The minimum atomic E-state index is 0.0323. The lowest BCUT2D eigenvalue weighted by atomic mass is 9.93. The molecule has 0 N–H and O–H groups in total. The maximum absolute atomic E-state index is 13.1. The van der Waals surface area contributed by atoms with Gasteiger partial charge in [-0.15, -0.1) is 0 Å². The first kappa shape index (κ1) is 19.0. The number of hydrogen-bond donors (Lipinski definition) is 0. The van der Waals surface area contributed by atoms with Gasteiger partial charge in [0.25, 0.3) is 5.88 Å². The van der Waals surface area contributed by atoms with Gasteiger partial charge >= 0.3 is 0 Å². The van der Waals surface area contributed by atoms with Gasteiger partial charge in [-0.05, 0) is 50.7 Å². The Bertz CT molecular complexity index is 832. The van der Waals surface area contributed by atoms with Crippen molar-refractivity contribution in [3.8, 4) is 5.88 Å². The number of anilines is 1. The standard InChI is InChI=1S/C22H30N4O2/c1-3-28-21-20(23-18-8-4-5-9-19(18)24-21)26-12-6-7-17(15-26)22(27)25-13-10-16(2)11-14-25/h4-5,8-9,16-17H,3,6-7,10-15H2,1-2H3. The van der Waals surface area contributed by atoms with Gasteiger partial charge in [0.1, 0.15) is 0 Å². The molecule has 28 heavy (non-hydrogen) atoms. The summed E-state index contributed by atoms with van der Waals surface area (Å²) in [6.45, 7) is 8.15. The number of carbonyl (C=O) groups excluding carboxylic acids is 1. The van der Waals surface area contributed by atoms with Crippen molar-refractivity contribution in [2.75, 3.05) is 37.7 Å². The lowest BCUT2D eigenvalue weighted by Gasteiger charge is -2.38. The lowest BCUT2D eigenvalue weighted by Crippen LogP contribution is -2.47. The minimum Gasteiger partial charge on any atom is -0.475 e. The van der Waals surface area contributed by atoms with Crippen LogP contribution in [0.2, 0.25) is 0 Å². The van der Waals surface area contributed by atoms with Crippen LogP contribution >= 0.6 is 0 Å². The second-order valence-electron chi connectivity index (χ2n) is 8.07. The molecule has 2 fully saturated rings. The van der Waals surface area contributed by atoms with E-state index in [9.17, 15) is 4.79 Å². The zero-order valence-electron chi connectivity index (χ0n) is 16.9. The van der Waals surface area contributed by atoms with E-state index in [1.807, 2.05) is 31.2 Å². The largest absolute Gasteiger partial charge is 0.475 e. The Hall–Kier alpha value is -2.37. The van der Waals surface area contributed by atoms with Gasteiger partial charge in [-0.1, -0.05) is 19.1 Å². The Morgan fingerprint density at radius 1 is 1.11 bits per heavy atom. The number of hydrogen-bond acceptors (Lipinski definition) is 5. The molecular formula is C22H30N4O2. The number of rotatable bonds is 4. The van der Waals surface area contributed by atoms with E-state index in [1.54, 1.807) is 0 Å². The fourth-order valence-corrected chi connectivity index (χ4v) is 4.27. The molecule has 2 aliphatic heterocycles. The molecule has 6 nitrogen and oxygen atoms in total. The Kier molecular flexibility index (Phi) is 5.64. The summed E-state index contributed by atoms with van der Waals surface area (Å²) in [5.41, 5.74) is 1.70. The minimum absolute atomic E-state index is 0.0323. The fourth-order valence-electron chi connectivity index (χ4n) is 4.27. The average molecular weight is 383 g/mol. The highest BCUT2D eigenvalue weighted by Crippen LogP contribution is 2.31. The number of amides is 1. The molecule has 1 aromatic carbocycles. The van der Waals surface area contributed by atoms with Crippen LogP contribution in [0.3, 0.4) is 0 Å². The van der Waals surface area contributed by atoms with Gasteiger partial charge in [0.15, 0.2) is 5.82 Å². The zero-order chi connectivity index (χ0) is 19.5. The van der Waals surface area contributed by atoms with Gasteiger partial charge in [-0.3, -0.25) is 4.79 Å². The van der Waals surface area contributed by atoms with Gasteiger partial charge < -0.3 is 14.5 Å². The molecule has 1 amide bonds. The SMILES string of the molecule is CCOc1nc2ccccc2nc1N1CCCC(C(=O)N2CCC(C)CC2)C1. The maximum Gasteiger partial charge on any atom is 0.258 e. The van der Waals surface area contributed by atoms with Crippen LogP contribution in [-0.4, -0.2) is 53.6 Å². The molecule has 0 radical (unpaired) electrons. The maximum atomic E-state index is 13.1. The Labute approximate surface area is 166 Å². The fraction of sp³-hybridized carbons (Fsp3) is 0.591. The topological polar surface area (TPSA) is 58.6 Å². The highest BCUT2D eigenvalue weighted by Gasteiger charge is 2.32. The normalized spacial score (nSPS) is 21.1. The highest BCUT2D eigenvalue weighted by atomic mass is 16.5. The second-order valence-corrected chi connectivity index (χ2v) is 8.07. The van der Waals surface area contributed by atoms with Gasteiger partial charge in [-0.25, -0.2) is 9.97 Å². The van der Waals surface area contributed by atoms with E-state index in [4.69, 9.17) is 9.72 Å². The molecule has 0 aliphatic carbocycles. The molecule has 0 spiro atoms. The summed E-state index contributed by atoms with van der Waals surface area (Å²) in [7, 11) is 0. The molecule has 1 aromatic heterocycles. The predicted octanol–water partition coefficient (Wildman–Crippen LogP) is 3.50. The number of piperidine rings is 2. The smallest absolute Gasteiger partial charge is 0.258 e. The second kappa shape index (κ2) is 8.33. The van der Waals surface area contributed by atoms with E-state index >= 15 is 0 Å². The van der Waals surface area contributed by atoms with E-state index in [2.05, 4.69) is 21.7 Å². The van der Waals surface area contributed by atoms with Gasteiger partial charge in [0.05, 0.1) is 23.6 Å². The van der Waals surface area contributed by atoms with Crippen molar-refractivity contribution >= 4 is 22.8 Å². The van der Waals surface area contributed by atoms with Gasteiger partial charge in [0, 0.05) is 26.2 Å². The van der Waals surface area contributed by atoms with Crippen molar-refractivity contribution in [3.63, 3.8) is 0 Å². The third-order valence-electron chi connectivity index (χ3n) is 5.97. The van der Waals surface area contributed by atoms with Crippen molar-refractivity contribution < 1.29 is 9.53 Å². The van der Waals surface area contributed by atoms with Crippen LogP contribution in [0, 0.1) is 11.8 Å². The molecule has 0 bridgehead atoms. The molecule has 2 aliphatic rings. The van der Waals surface area contributed by atoms with E-state index < -0.39 is 0 Å². The Morgan fingerprint density at radius 3 is 2.54 bits per heavy atom. The molecule has 1 atom stereocenters. The van der Waals surface area contributed by atoms with Gasteiger partial charge in [0.2, 0.25) is 5.91 Å². The summed E-state index contributed by atoms with van der Waals surface area (Å²) >= 11 is 0. The Morgan fingerprint density at radius 2 is 1.82 bits per heavy atom.